The molecule has 1 fully saturated rings. The highest BCUT2D eigenvalue weighted by molar-refractivity contribution is 9.09. The molecule has 0 aromatic heterocycles. The molecule has 1 aliphatic heterocycles. The van der Waals surface area contributed by atoms with Crippen LogP contribution in [0.25, 0.3) is 0 Å². The van der Waals surface area contributed by atoms with E-state index in [0.29, 0.717) is 11.1 Å². The molecule has 28 heavy (non-hydrogen) atoms. The third kappa shape index (κ3) is 4.08. The standard InChI is InChI=1S/C21H18BrNO5/c1-21(13-23)17(28-19(25)15-10-6-3-7-11-15)16(27-20(21)22)12-26-18(24)14-8-4-2-5-9-14/h2-11,16-17,20H,12H2,1H3/t16-,17-,20+,21-/m1/s1. The van der Waals surface area contributed by atoms with Gasteiger partial charge in [-0.2, -0.15) is 5.26 Å². The SMILES string of the molecule is C[C@@]1(C#N)[C@H](OC(=O)c2ccccc2)[C@@H](COC(=O)c2ccccc2)O[C@@H]1Br. The second-order valence-electron chi connectivity index (χ2n) is 6.54. The number of ether oxygens (including phenoxy) is 3. The molecule has 0 unspecified atom stereocenters. The molecule has 1 saturated heterocycles. The molecule has 1 aliphatic rings. The maximum absolute atomic E-state index is 12.5. The highest BCUT2D eigenvalue weighted by atomic mass is 79.9. The molecule has 0 spiro atoms. The quantitative estimate of drug-likeness (QED) is 0.516. The summed E-state index contributed by atoms with van der Waals surface area (Å²) in [4.78, 5) is 24.7. The fourth-order valence-electron chi connectivity index (χ4n) is 2.89. The normalized spacial score (nSPS) is 26.2. The van der Waals surface area contributed by atoms with Gasteiger partial charge in [0.05, 0.1) is 17.2 Å². The van der Waals surface area contributed by atoms with Gasteiger partial charge >= 0.3 is 11.9 Å². The lowest BCUT2D eigenvalue weighted by Gasteiger charge is -2.26. The van der Waals surface area contributed by atoms with Crippen molar-refractivity contribution in [2.75, 3.05) is 6.61 Å². The minimum Gasteiger partial charge on any atom is -0.459 e. The number of alkyl halides is 1. The van der Waals surface area contributed by atoms with E-state index in [-0.39, 0.29) is 6.61 Å². The summed E-state index contributed by atoms with van der Waals surface area (Å²) < 4.78 is 16.7. The van der Waals surface area contributed by atoms with Crippen LogP contribution in [0.3, 0.4) is 0 Å². The highest BCUT2D eigenvalue weighted by Gasteiger charge is 2.56. The summed E-state index contributed by atoms with van der Waals surface area (Å²) in [7, 11) is 0. The molecular formula is C21H18BrNO5. The van der Waals surface area contributed by atoms with Gasteiger partial charge in [0.2, 0.25) is 0 Å². The zero-order valence-corrected chi connectivity index (χ0v) is 16.7. The van der Waals surface area contributed by atoms with E-state index in [4.69, 9.17) is 14.2 Å². The predicted octanol–water partition coefficient (Wildman–Crippen LogP) is 3.72. The van der Waals surface area contributed by atoms with E-state index in [1.165, 1.54) is 0 Å². The molecule has 7 heteroatoms. The van der Waals surface area contributed by atoms with Crippen LogP contribution in [-0.2, 0) is 14.2 Å². The number of halogens is 1. The van der Waals surface area contributed by atoms with Crippen molar-refractivity contribution in [3.8, 4) is 6.07 Å². The largest absolute Gasteiger partial charge is 0.459 e. The predicted molar refractivity (Wildman–Crippen MR) is 104 cm³/mol. The first kappa shape index (κ1) is 20.1. The summed E-state index contributed by atoms with van der Waals surface area (Å²) in [6.07, 6.45) is -1.70. The first-order valence-electron chi connectivity index (χ1n) is 8.64. The fraction of sp³-hybridized carbons (Fsp3) is 0.286. The maximum Gasteiger partial charge on any atom is 0.338 e. The number of nitrogens with zero attached hydrogens (tertiary/aromatic N) is 1. The molecule has 2 aromatic rings. The number of hydrogen-bond donors (Lipinski definition) is 0. The van der Waals surface area contributed by atoms with Crippen molar-refractivity contribution in [2.45, 2.75) is 24.1 Å². The van der Waals surface area contributed by atoms with Crippen molar-refractivity contribution in [1.82, 2.24) is 0 Å². The molecule has 2 aromatic carbocycles. The topological polar surface area (TPSA) is 85.6 Å². The van der Waals surface area contributed by atoms with Crippen LogP contribution in [0.15, 0.2) is 60.7 Å². The Kier molecular flexibility index (Phi) is 6.12. The zero-order chi connectivity index (χ0) is 20.1. The molecule has 0 aliphatic carbocycles. The molecule has 6 nitrogen and oxygen atoms in total. The van der Waals surface area contributed by atoms with Gasteiger partial charge < -0.3 is 14.2 Å². The van der Waals surface area contributed by atoms with Crippen molar-refractivity contribution in [3.05, 3.63) is 71.8 Å². The minimum atomic E-state index is -1.14. The Morgan fingerprint density at radius 3 is 2.14 bits per heavy atom. The van der Waals surface area contributed by atoms with Gasteiger partial charge in [0.25, 0.3) is 0 Å². The monoisotopic (exact) mass is 443 g/mol. The Morgan fingerprint density at radius 1 is 1.07 bits per heavy atom. The van der Waals surface area contributed by atoms with E-state index >= 15 is 0 Å². The van der Waals surface area contributed by atoms with Crippen molar-refractivity contribution in [1.29, 1.82) is 5.26 Å². The van der Waals surface area contributed by atoms with Gasteiger partial charge in [-0.05, 0) is 31.2 Å². The number of benzene rings is 2. The van der Waals surface area contributed by atoms with E-state index < -0.39 is 34.6 Å². The van der Waals surface area contributed by atoms with Crippen LogP contribution < -0.4 is 0 Å². The van der Waals surface area contributed by atoms with E-state index in [2.05, 4.69) is 22.0 Å². The summed E-state index contributed by atoms with van der Waals surface area (Å²) in [6.45, 7) is 1.48. The molecule has 0 N–H and O–H groups in total. The van der Waals surface area contributed by atoms with Gasteiger partial charge in [-0.25, -0.2) is 9.59 Å². The van der Waals surface area contributed by atoms with Crippen molar-refractivity contribution in [2.24, 2.45) is 5.41 Å². The summed E-state index contributed by atoms with van der Waals surface area (Å²) in [5, 5.41) is 8.98. The number of carbonyl (C=O) groups excluding carboxylic acids is 2. The van der Waals surface area contributed by atoms with E-state index in [1.807, 2.05) is 0 Å². The van der Waals surface area contributed by atoms with Crippen LogP contribution in [0.2, 0.25) is 0 Å². The number of nitriles is 1. The van der Waals surface area contributed by atoms with Crippen molar-refractivity contribution >= 4 is 27.9 Å². The second kappa shape index (κ2) is 8.55. The van der Waals surface area contributed by atoms with Gasteiger partial charge in [-0.3, -0.25) is 0 Å². The van der Waals surface area contributed by atoms with Crippen LogP contribution in [0.1, 0.15) is 27.6 Å². The molecule has 0 saturated carbocycles. The Balaban J connectivity index is 1.74. The summed E-state index contributed by atoms with van der Waals surface area (Å²) in [6, 6.07) is 19.2. The molecule has 0 bridgehead atoms. The highest BCUT2D eigenvalue weighted by Crippen LogP contribution is 2.43. The Labute approximate surface area is 171 Å². The number of hydrogen-bond acceptors (Lipinski definition) is 6. The zero-order valence-electron chi connectivity index (χ0n) is 15.1. The van der Waals surface area contributed by atoms with Gasteiger partial charge in [0.1, 0.15) is 23.1 Å². The molecular weight excluding hydrogens is 426 g/mol. The molecule has 3 rings (SSSR count). The van der Waals surface area contributed by atoms with Crippen LogP contribution in [0.4, 0.5) is 0 Å². The lowest BCUT2D eigenvalue weighted by molar-refractivity contribution is -0.0351. The second-order valence-corrected chi connectivity index (χ2v) is 7.37. The van der Waals surface area contributed by atoms with Crippen LogP contribution in [-0.4, -0.2) is 35.8 Å². The lowest BCUT2D eigenvalue weighted by atomic mass is 9.86. The van der Waals surface area contributed by atoms with Crippen molar-refractivity contribution < 1.29 is 23.8 Å². The number of rotatable bonds is 5. The number of esters is 2. The molecule has 1 heterocycles. The van der Waals surface area contributed by atoms with Crippen molar-refractivity contribution in [3.63, 3.8) is 0 Å². The first-order chi connectivity index (χ1) is 13.5. The molecule has 0 radical (unpaired) electrons. The maximum atomic E-state index is 12.5. The third-order valence-corrected chi connectivity index (χ3v) is 5.73. The van der Waals surface area contributed by atoms with Crippen LogP contribution >= 0.6 is 15.9 Å². The molecule has 0 amide bonds. The van der Waals surface area contributed by atoms with Gasteiger partial charge in [-0.1, -0.05) is 52.3 Å². The average Bonchev–Trinajstić information content (AvgIpc) is 2.98. The van der Waals surface area contributed by atoms with Gasteiger partial charge in [0.15, 0.2) is 6.10 Å². The summed E-state index contributed by atoms with van der Waals surface area (Å²) in [5.41, 5.74) is -0.383. The molecule has 4 atom stereocenters. The van der Waals surface area contributed by atoms with E-state index in [1.54, 1.807) is 67.6 Å². The lowest BCUT2D eigenvalue weighted by Crippen LogP contribution is -2.41. The fourth-order valence-corrected chi connectivity index (χ4v) is 3.53. The van der Waals surface area contributed by atoms with Crippen LogP contribution in [0.5, 0.6) is 0 Å². The summed E-state index contributed by atoms with van der Waals surface area (Å²) in [5.74, 6) is -1.09. The number of carbonyl (C=O) groups is 2. The van der Waals surface area contributed by atoms with Crippen LogP contribution in [0, 0.1) is 16.7 Å². The average molecular weight is 444 g/mol. The van der Waals surface area contributed by atoms with E-state index in [0.717, 1.165) is 0 Å². The Morgan fingerprint density at radius 2 is 1.61 bits per heavy atom. The Hall–Kier alpha value is -2.69. The minimum absolute atomic E-state index is 0.153. The smallest absolute Gasteiger partial charge is 0.338 e. The van der Waals surface area contributed by atoms with Gasteiger partial charge in [0, 0.05) is 0 Å². The summed E-state index contributed by atoms with van der Waals surface area (Å²) >= 11 is 3.32. The Bertz CT molecular complexity index is 883. The van der Waals surface area contributed by atoms with Gasteiger partial charge in [-0.15, -0.1) is 0 Å². The third-order valence-electron chi connectivity index (χ3n) is 4.57. The molecule has 144 valence electrons. The van der Waals surface area contributed by atoms with E-state index in [9.17, 15) is 14.9 Å². The first-order valence-corrected chi connectivity index (χ1v) is 9.56.